The second-order valence-corrected chi connectivity index (χ2v) is 3.87. The maximum absolute atomic E-state index is 13.5. The third-order valence-electron chi connectivity index (χ3n) is 2.18. The van der Waals surface area contributed by atoms with Crippen molar-refractivity contribution in [2.45, 2.75) is 6.92 Å². The van der Waals surface area contributed by atoms with E-state index in [4.69, 9.17) is 11.6 Å². The van der Waals surface area contributed by atoms with Gasteiger partial charge in [-0.3, -0.25) is 4.98 Å². The molecule has 0 saturated carbocycles. The first-order valence-corrected chi connectivity index (χ1v) is 5.03. The van der Waals surface area contributed by atoms with Gasteiger partial charge in [-0.2, -0.15) is 0 Å². The van der Waals surface area contributed by atoms with E-state index in [1.807, 2.05) is 13.0 Å². The Morgan fingerprint density at radius 3 is 2.62 bits per heavy atom. The maximum atomic E-state index is 13.5. The van der Waals surface area contributed by atoms with Crippen molar-refractivity contribution in [3.8, 4) is 11.3 Å². The Kier molecular flexibility index (Phi) is 2.88. The van der Waals surface area contributed by atoms with E-state index in [-0.39, 0.29) is 5.69 Å². The van der Waals surface area contributed by atoms with Gasteiger partial charge in [0.25, 0.3) is 0 Å². The van der Waals surface area contributed by atoms with Gasteiger partial charge in [-0.05, 0) is 19.1 Å². The first kappa shape index (κ1) is 11.0. The second-order valence-electron chi connectivity index (χ2n) is 3.47. The predicted octanol–water partition coefficient (Wildman–Crippen LogP) is 3.99. The van der Waals surface area contributed by atoms with Gasteiger partial charge >= 0.3 is 0 Å². The highest BCUT2D eigenvalue weighted by atomic mass is 35.5. The molecule has 0 aliphatic carbocycles. The summed E-state index contributed by atoms with van der Waals surface area (Å²) in [5, 5.41) is 0.392. The number of aryl methyl sites for hydroxylation is 1. The number of benzene rings is 1. The lowest BCUT2D eigenvalue weighted by Crippen LogP contribution is -1.92. The van der Waals surface area contributed by atoms with E-state index in [9.17, 15) is 8.78 Å². The summed E-state index contributed by atoms with van der Waals surface area (Å²) in [6.45, 7) is 1.86. The van der Waals surface area contributed by atoms with E-state index in [1.54, 1.807) is 12.1 Å². The highest BCUT2D eigenvalue weighted by molar-refractivity contribution is 6.33. The summed E-state index contributed by atoms with van der Waals surface area (Å²) < 4.78 is 26.2. The molecular formula is C12H8ClF2N. The smallest absolute Gasteiger partial charge is 0.152 e. The summed E-state index contributed by atoms with van der Waals surface area (Å²) in [7, 11) is 0. The molecule has 0 spiro atoms. The molecule has 0 radical (unpaired) electrons. The third-order valence-corrected chi connectivity index (χ3v) is 2.51. The van der Waals surface area contributed by atoms with Crippen molar-refractivity contribution in [1.29, 1.82) is 0 Å². The molecule has 2 aromatic rings. The van der Waals surface area contributed by atoms with Crippen molar-refractivity contribution in [1.82, 2.24) is 4.98 Å². The zero-order valence-corrected chi connectivity index (χ0v) is 9.22. The van der Waals surface area contributed by atoms with Gasteiger partial charge < -0.3 is 0 Å². The van der Waals surface area contributed by atoms with Crippen LogP contribution >= 0.6 is 11.6 Å². The second kappa shape index (κ2) is 4.18. The highest BCUT2D eigenvalue weighted by Gasteiger charge is 2.11. The molecule has 0 N–H and O–H groups in total. The number of pyridine rings is 1. The lowest BCUT2D eigenvalue weighted by atomic mass is 10.1. The molecule has 0 atom stereocenters. The molecule has 0 saturated heterocycles. The molecule has 1 nitrogen and oxygen atoms in total. The molecular weight excluding hydrogens is 232 g/mol. The Balaban J connectivity index is 2.62. The minimum Gasteiger partial charge on any atom is -0.250 e. The Morgan fingerprint density at radius 2 is 1.94 bits per heavy atom. The monoisotopic (exact) mass is 239 g/mol. The van der Waals surface area contributed by atoms with Gasteiger partial charge in [0.15, 0.2) is 5.82 Å². The van der Waals surface area contributed by atoms with Gasteiger partial charge in [0, 0.05) is 11.6 Å². The topological polar surface area (TPSA) is 12.9 Å². The molecule has 0 aliphatic heterocycles. The molecule has 0 fully saturated rings. The Hall–Kier alpha value is -1.48. The van der Waals surface area contributed by atoms with Crippen molar-refractivity contribution >= 4 is 11.6 Å². The van der Waals surface area contributed by atoms with Crippen LogP contribution in [0.2, 0.25) is 5.02 Å². The minimum atomic E-state index is -0.715. The summed E-state index contributed by atoms with van der Waals surface area (Å²) in [6.07, 6.45) is 0.969. The first-order chi connectivity index (χ1) is 7.58. The van der Waals surface area contributed by atoms with Crippen LogP contribution < -0.4 is 0 Å². The van der Waals surface area contributed by atoms with E-state index in [2.05, 4.69) is 4.98 Å². The highest BCUT2D eigenvalue weighted by Crippen LogP contribution is 2.29. The third kappa shape index (κ3) is 2.04. The fourth-order valence-corrected chi connectivity index (χ4v) is 1.64. The predicted molar refractivity (Wildman–Crippen MR) is 59.3 cm³/mol. The van der Waals surface area contributed by atoms with Crippen LogP contribution in [0, 0.1) is 18.6 Å². The van der Waals surface area contributed by atoms with E-state index in [0.717, 1.165) is 17.8 Å². The number of halogens is 3. The molecule has 1 aromatic carbocycles. The summed E-state index contributed by atoms with van der Waals surface area (Å²) in [6, 6.07) is 5.98. The molecule has 0 unspecified atom stereocenters. The Bertz CT molecular complexity index is 541. The first-order valence-electron chi connectivity index (χ1n) is 4.65. The molecule has 82 valence electrons. The van der Waals surface area contributed by atoms with Crippen LogP contribution in [0.1, 0.15) is 5.56 Å². The number of hydrogen-bond donors (Lipinski definition) is 0. The van der Waals surface area contributed by atoms with Gasteiger partial charge in [-0.15, -0.1) is 0 Å². The maximum Gasteiger partial charge on any atom is 0.152 e. The number of aromatic nitrogens is 1. The largest absolute Gasteiger partial charge is 0.250 e. The summed E-state index contributed by atoms with van der Waals surface area (Å²) in [4.78, 5) is 3.72. The van der Waals surface area contributed by atoms with Crippen LogP contribution in [0.5, 0.6) is 0 Å². The Morgan fingerprint density at radius 1 is 1.19 bits per heavy atom. The van der Waals surface area contributed by atoms with Crippen LogP contribution in [-0.2, 0) is 0 Å². The summed E-state index contributed by atoms with van der Waals surface area (Å²) in [5.74, 6) is -1.42. The zero-order valence-electron chi connectivity index (χ0n) is 8.47. The normalized spacial score (nSPS) is 10.5. The van der Waals surface area contributed by atoms with Gasteiger partial charge in [-0.1, -0.05) is 23.2 Å². The van der Waals surface area contributed by atoms with Crippen LogP contribution in [0.4, 0.5) is 8.78 Å². The summed E-state index contributed by atoms with van der Waals surface area (Å²) >= 11 is 5.94. The van der Waals surface area contributed by atoms with E-state index < -0.39 is 11.6 Å². The molecule has 0 bridgehead atoms. The molecule has 2 rings (SSSR count). The van der Waals surface area contributed by atoms with E-state index in [1.165, 1.54) is 0 Å². The standard InChI is InChI=1S/C12H8ClF2N/c1-7-2-3-10(13)9(4-7)12-11(15)5-8(14)6-16-12/h2-6H,1H3. The van der Waals surface area contributed by atoms with E-state index in [0.29, 0.717) is 10.6 Å². The molecule has 0 amide bonds. The average molecular weight is 240 g/mol. The van der Waals surface area contributed by atoms with Crippen LogP contribution in [0.3, 0.4) is 0 Å². The molecule has 4 heteroatoms. The fourth-order valence-electron chi connectivity index (χ4n) is 1.43. The summed E-state index contributed by atoms with van der Waals surface area (Å²) in [5.41, 5.74) is 1.47. The zero-order chi connectivity index (χ0) is 11.7. The van der Waals surface area contributed by atoms with Gasteiger partial charge in [-0.25, -0.2) is 8.78 Å². The van der Waals surface area contributed by atoms with Crippen LogP contribution in [0.25, 0.3) is 11.3 Å². The van der Waals surface area contributed by atoms with Gasteiger partial charge in [0.1, 0.15) is 11.5 Å². The Labute approximate surface area is 96.7 Å². The quantitative estimate of drug-likeness (QED) is 0.733. The van der Waals surface area contributed by atoms with Crippen molar-refractivity contribution < 1.29 is 8.78 Å². The average Bonchev–Trinajstić information content (AvgIpc) is 2.22. The molecule has 1 aromatic heterocycles. The lowest BCUT2D eigenvalue weighted by molar-refractivity contribution is 0.576. The minimum absolute atomic E-state index is 0.0649. The molecule has 1 heterocycles. The lowest BCUT2D eigenvalue weighted by Gasteiger charge is -2.06. The SMILES string of the molecule is Cc1ccc(Cl)c(-c2ncc(F)cc2F)c1. The van der Waals surface area contributed by atoms with Crippen LogP contribution in [-0.4, -0.2) is 4.98 Å². The van der Waals surface area contributed by atoms with Crippen molar-refractivity contribution in [2.75, 3.05) is 0 Å². The number of nitrogens with zero attached hydrogens (tertiary/aromatic N) is 1. The van der Waals surface area contributed by atoms with Gasteiger partial charge in [0.2, 0.25) is 0 Å². The van der Waals surface area contributed by atoms with Crippen LogP contribution in [0.15, 0.2) is 30.5 Å². The fraction of sp³-hybridized carbons (Fsp3) is 0.0833. The van der Waals surface area contributed by atoms with Gasteiger partial charge in [0.05, 0.1) is 11.2 Å². The molecule has 0 aliphatic rings. The van der Waals surface area contributed by atoms with Crippen molar-refractivity contribution in [3.05, 3.63) is 52.7 Å². The number of rotatable bonds is 1. The number of hydrogen-bond acceptors (Lipinski definition) is 1. The molecule has 16 heavy (non-hydrogen) atoms. The van der Waals surface area contributed by atoms with Crippen molar-refractivity contribution in [2.24, 2.45) is 0 Å². The van der Waals surface area contributed by atoms with E-state index >= 15 is 0 Å². The van der Waals surface area contributed by atoms with Crippen molar-refractivity contribution in [3.63, 3.8) is 0 Å².